The number of halogens is 3. The van der Waals surface area contributed by atoms with Crippen LogP contribution in [0.1, 0.15) is 34.8 Å². The van der Waals surface area contributed by atoms with E-state index in [9.17, 15) is 18.0 Å². The van der Waals surface area contributed by atoms with Crippen LogP contribution in [0.2, 0.25) is 0 Å². The highest BCUT2D eigenvalue weighted by Gasteiger charge is 2.35. The molecule has 0 amide bonds. The molecule has 3 nitrogen and oxygen atoms in total. The number of hydrogen-bond acceptors (Lipinski definition) is 3. The zero-order valence-electron chi connectivity index (χ0n) is 8.34. The van der Waals surface area contributed by atoms with Gasteiger partial charge in [0.1, 0.15) is 12.3 Å². The van der Waals surface area contributed by atoms with E-state index in [0.717, 1.165) is 12.1 Å². The van der Waals surface area contributed by atoms with Crippen LogP contribution in [0.3, 0.4) is 0 Å². The standard InChI is InChI=1S/C10H8F3NO2/c1-5-9-6(7(15)4-16-5)2-3-8(14-9)10(11,12)13/h2-3,5H,4H2,1H3. The third kappa shape index (κ3) is 1.80. The molecule has 0 aromatic carbocycles. The number of carbonyl (C=O) groups is 1. The van der Waals surface area contributed by atoms with E-state index in [0.29, 0.717) is 0 Å². The molecule has 0 bridgehead atoms. The van der Waals surface area contributed by atoms with Crippen LogP contribution in [0.15, 0.2) is 12.1 Å². The molecule has 0 N–H and O–H groups in total. The Morgan fingerprint density at radius 3 is 2.75 bits per heavy atom. The minimum absolute atomic E-state index is 0.0612. The van der Waals surface area contributed by atoms with Crippen LogP contribution < -0.4 is 0 Å². The normalized spacial score (nSPS) is 20.8. The third-order valence-corrected chi connectivity index (χ3v) is 2.37. The number of hydrogen-bond donors (Lipinski definition) is 0. The summed E-state index contributed by atoms with van der Waals surface area (Å²) in [4.78, 5) is 14.8. The maximum atomic E-state index is 12.4. The first-order chi connectivity index (χ1) is 7.39. The lowest BCUT2D eigenvalue weighted by Gasteiger charge is -2.21. The van der Waals surface area contributed by atoms with Crippen LogP contribution in [-0.2, 0) is 10.9 Å². The number of Topliss-reactive ketones (excluding diaryl/α,β-unsaturated/α-hetero) is 1. The number of rotatable bonds is 0. The summed E-state index contributed by atoms with van der Waals surface area (Å²) in [5.74, 6) is -0.339. The molecule has 1 aliphatic rings. The molecule has 2 heterocycles. The van der Waals surface area contributed by atoms with E-state index >= 15 is 0 Å². The van der Waals surface area contributed by atoms with Gasteiger partial charge < -0.3 is 4.74 Å². The first-order valence-electron chi connectivity index (χ1n) is 4.62. The van der Waals surface area contributed by atoms with Crippen LogP contribution in [0, 0.1) is 0 Å². The summed E-state index contributed by atoms with van der Waals surface area (Å²) in [6, 6.07) is 1.97. The van der Waals surface area contributed by atoms with Crippen molar-refractivity contribution in [3.8, 4) is 0 Å². The van der Waals surface area contributed by atoms with Crippen LogP contribution in [0.25, 0.3) is 0 Å². The number of pyridine rings is 1. The molecule has 1 aromatic heterocycles. The van der Waals surface area contributed by atoms with Crippen molar-refractivity contribution in [1.82, 2.24) is 4.98 Å². The van der Waals surface area contributed by atoms with Gasteiger partial charge in [-0.25, -0.2) is 4.98 Å². The van der Waals surface area contributed by atoms with Crippen molar-refractivity contribution in [3.05, 3.63) is 29.1 Å². The molecule has 2 rings (SSSR count). The van der Waals surface area contributed by atoms with Crippen molar-refractivity contribution in [2.24, 2.45) is 0 Å². The Morgan fingerprint density at radius 2 is 2.12 bits per heavy atom. The summed E-state index contributed by atoms with van der Waals surface area (Å²) < 4.78 is 42.2. The SMILES string of the molecule is CC1OCC(=O)c2ccc(C(F)(F)F)nc21. The molecule has 86 valence electrons. The van der Waals surface area contributed by atoms with E-state index in [-0.39, 0.29) is 23.6 Å². The van der Waals surface area contributed by atoms with Crippen LogP contribution in [-0.4, -0.2) is 17.4 Å². The Hall–Kier alpha value is -1.43. The van der Waals surface area contributed by atoms with Gasteiger partial charge in [-0.1, -0.05) is 0 Å². The molecule has 0 saturated heterocycles. The van der Waals surface area contributed by atoms with E-state index in [2.05, 4.69) is 4.98 Å². The maximum absolute atomic E-state index is 12.4. The number of nitrogens with zero attached hydrogens (tertiary/aromatic N) is 1. The van der Waals surface area contributed by atoms with Crippen molar-refractivity contribution < 1.29 is 22.7 Å². The summed E-state index contributed by atoms with van der Waals surface area (Å²) >= 11 is 0. The molecule has 1 aliphatic heterocycles. The zero-order valence-corrected chi connectivity index (χ0v) is 8.34. The van der Waals surface area contributed by atoms with Crippen molar-refractivity contribution in [2.75, 3.05) is 6.61 Å². The van der Waals surface area contributed by atoms with Crippen molar-refractivity contribution >= 4 is 5.78 Å². The molecule has 0 fully saturated rings. The first kappa shape index (κ1) is 11.1. The van der Waals surface area contributed by atoms with Crippen molar-refractivity contribution in [2.45, 2.75) is 19.2 Å². The van der Waals surface area contributed by atoms with E-state index in [1.807, 2.05) is 0 Å². The molecule has 1 aromatic rings. The number of fused-ring (bicyclic) bond motifs is 1. The highest BCUT2D eigenvalue weighted by atomic mass is 19.4. The Kier molecular flexibility index (Phi) is 2.46. The van der Waals surface area contributed by atoms with E-state index in [4.69, 9.17) is 4.74 Å². The molecule has 0 spiro atoms. The fourth-order valence-corrected chi connectivity index (χ4v) is 1.54. The van der Waals surface area contributed by atoms with Gasteiger partial charge in [0, 0.05) is 5.56 Å². The van der Waals surface area contributed by atoms with Gasteiger partial charge in [-0.15, -0.1) is 0 Å². The fraction of sp³-hybridized carbons (Fsp3) is 0.400. The van der Waals surface area contributed by atoms with Crippen molar-refractivity contribution in [1.29, 1.82) is 0 Å². The predicted octanol–water partition coefficient (Wildman–Crippen LogP) is 2.37. The summed E-state index contributed by atoms with van der Waals surface area (Å²) in [7, 11) is 0. The minimum Gasteiger partial charge on any atom is -0.364 e. The van der Waals surface area contributed by atoms with Gasteiger partial charge in [-0.2, -0.15) is 13.2 Å². The summed E-state index contributed by atoms with van der Waals surface area (Å²) in [6.45, 7) is 1.46. The Bertz CT molecular complexity index is 442. The molecular formula is C10H8F3NO2. The molecule has 0 radical (unpaired) electrons. The van der Waals surface area contributed by atoms with Gasteiger partial charge in [0.25, 0.3) is 0 Å². The summed E-state index contributed by atoms with van der Waals surface area (Å²) in [5, 5.41) is 0. The van der Waals surface area contributed by atoms with Crippen LogP contribution in [0.4, 0.5) is 13.2 Å². The van der Waals surface area contributed by atoms with Gasteiger partial charge in [0.05, 0.1) is 11.8 Å². The fourth-order valence-electron chi connectivity index (χ4n) is 1.54. The van der Waals surface area contributed by atoms with Gasteiger partial charge in [0.15, 0.2) is 5.78 Å². The molecule has 1 atom stereocenters. The Morgan fingerprint density at radius 1 is 1.44 bits per heavy atom. The second kappa shape index (κ2) is 3.55. The number of ether oxygens (including phenoxy) is 1. The molecule has 16 heavy (non-hydrogen) atoms. The second-order valence-corrected chi connectivity index (χ2v) is 3.50. The first-order valence-corrected chi connectivity index (χ1v) is 4.62. The molecule has 0 saturated carbocycles. The zero-order chi connectivity index (χ0) is 11.9. The van der Waals surface area contributed by atoms with Crippen molar-refractivity contribution in [3.63, 3.8) is 0 Å². The van der Waals surface area contributed by atoms with Crippen LogP contribution in [0.5, 0.6) is 0 Å². The molecule has 1 unspecified atom stereocenters. The number of carbonyl (C=O) groups excluding carboxylic acids is 1. The van der Waals surface area contributed by atoms with Gasteiger partial charge in [-0.05, 0) is 19.1 Å². The molecule has 0 aliphatic carbocycles. The topological polar surface area (TPSA) is 39.2 Å². The quantitative estimate of drug-likeness (QED) is 0.688. The molecule has 6 heteroatoms. The monoisotopic (exact) mass is 231 g/mol. The van der Waals surface area contributed by atoms with Gasteiger partial charge in [-0.3, -0.25) is 4.79 Å². The summed E-state index contributed by atoms with van der Waals surface area (Å²) in [5.41, 5.74) is -0.728. The van der Waals surface area contributed by atoms with E-state index in [1.54, 1.807) is 6.92 Å². The smallest absolute Gasteiger partial charge is 0.364 e. The number of aromatic nitrogens is 1. The third-order valence-electron chi connectivity index (χ3n) is 2.37. The lowest BCUT2D eigenvalue weighted by atomic mass is 10.0. The van der Waals surface area contributed by atoms with Gasteiger partial charge >= 0.3 is 6.18 Å². The average molecular weight is 231 g/mol. The van der Waals surface area contributed by atoms with E-state index in [1.165, 1.54) is 0 Å². The molecular weight excluding hydrogens is 223 g/mol. The minimum atomic E-state index is -4.50. The summed E-state index contributed by atoms with van der Waals surface area (Å²) in [6.07, 6.45) is -5.09. The lowest BCUT2D eigenvalue weighted by molar-refractivity contribution is -0.141. The highest BCUT2D eigenvalue weighted by molar-refractivity contribution is 5.98. The largest absolute Gasteiger partial charge is 0.433 e. The highest BCUT2D eigenvalue weighted by Crippen LogP contribution is 2.31. The number of ketones is 1. The lowest BCUT2D eigenvalue weighted by Crippen LogP contribution is -2.24. The second-order valence-electron chi connectivity index (χ2n) is 3.50. The van der Waals surface area contributed by atoms with E-state index < -0.39 is 18.0 Å². The van der Waals surface area contributed by atoms with Crippen LogP contribution >= 0.6 is 0 Å². The maximum Gasteiger partial charge on any atom is 0.433 e. The Labute approximate surface area is 89.2 Å². The number of alkyl halides is 3. The Balaban J connectivity index is 2.52. The average Bonchev–Trinajstić information content (AvgIpc) is 2.22. The predicted molar refractivity (Wildman–Crippen MR) is 47.9 cm³/mol. The van der Waals surface area contributed by atoms with Gasteiger partial charge in [0.2, 0.25) is 0 Å².